The summed E-state index contributed by atoms with van der Waals surface area (Å²) >= 11 is 5.86. The van der Waals surface area contributed by atoms with E-state index in [2.05, 4.69) is 5.32 Å². The van der Waals surface area contributed by atoms with E-state index in [0.29, 0.717) is 18.0 Å². The summed E-state index contributed by atoms with van der Waals surface area (Å²) in [5, 5.41) is 3.50. The van der Waals surface area contributed by atoms with Crippen molar-refractivity contribution in [2.45, 2.75) is 20.3 Å². The molecule has 0 saturated heterocycles. The molecule has 126 valence electrons. The van der Waals surface area contributed by atoms with Crippen LogP contribution in [-0.4, -0.2) is 29.8 Å². The third-order valence-electron chi connectivity index (χ3n) is 3.67. The van der Waals surface area contributed by atoms with Gasteiger partial charge in [0.1, 0.15) is 0 Å². The van der Waals surface area contributed by atoms with Crippen LogP contribution in [0.25, 0.3) is 0 Å². The van der Waals surface area contributed by atoms with Crippen molar-refractivity contribution >= 4 is 29.1 Å². The summed E-state index contributed by atoms with van der Waals surface area (Å²) in [6, 6.07) is 15.1. The number of nitrogens with zero attached hydrogens (tertiary/aromatic N) is 1. The fraction of sp³-hybridized carbons (Fsp3) is 0.263. The van der Waals surface area contributed by atoms with Gasteiger partial charge in [0.2, 0.25) is 11.8 Å². The minimum Gasteiger partial charge on any atom is -0.333 e. The predicted molar refractivity (Wildman–Crippen MR) is 97.2 cm³/mol. The number of amides is 2. The van der Waals surface area contributed by atoms with E-state index in [1.807, 2.05) is 55.5 Å². The molecule has 0 spiro atoms. The lowest BCUT2D eigenvalue weighted by molar-refractivity contribution is -0.132. The van der Waals surface area contributed by atoms with Crippen LogP contribution in [0, 0.1) is 6.92 Å². The number of hydrogen-bond acceptors (Lipinski definition) is 2. The molecule has 24 heavy (non-hydrogen) atoms. The molecule has 0 radical (unpaired) electrons. The number of hydrogen-bond donors (Lipinski definition) is 1. The monoisotopic (exact) mass is 344 g/mol. The Bertz CT molecular complexity index is 714. The lowest BCUT2D eigenvalue weighted by Gasteiger charge is -2.20. The van der Waals surface area contributed by atoms with Gasteiger partial charge >= 0.3 is 0 Å². The summed E-state index contributed by atoms with van der Waals surface area (Å²) in [6.07, 6.45) is 0.675. The molecular weight excluding hydrogens is 324 g/mol. The molecule has 0 aliphatic rings. The van der Waals surface area contributed by atoms with Crippen molar-refractivity contribution in [1.29, 1.82) is 0 Å². The third kappa shape index (κ3) is 5.70. The largest absolute Gasteiger partial charge is 0.333 e. The second-order valence-electron chi connectivity index (χ2n) is 5.73. The van der Waals surface area contributed by atoms with Crippen LogP contribution in [0.5, 0.6) is 0 Å². The number of anilines is 1. The Hall–Kier alpha value is -2.33. The van der Waals surface area contributed by atoms with Crippen molar-refractivity contribution in [3.8, 4) is 0 Å². The fourth-order valence-corrected chi connectivity index (χ4v) is 2.49. The second kappa shape index (κ2) is 8.50. The smallest absolute Gasteiger partial charge is 0.243 e. The van der Waals surface area contributed by atoms with Gasteiger partial charge in [-0.15, -0.1) is 0 Å². The van der Waals surface area contributed by atoms with Crippen LogP contribution < -0.4 is 5.32 Å². The summed E-state index contributed by atoms with van der Waals surface area (Å²) in [4.78, 5) is 25.5. The molecule has 4 nitrogen and oxygen atoms in total. The Kier molecular flexibility index (Phi) is 6.38. The van der Waals surface area contributed by atoms with E-state index in [1.54, 1.807) is 4.90 Å². The zero-order valence-corrected chi connectivity index (χ0v) is 14.6. The Labute approximate surface area is 147 Å². The number of benzene rings is 2. The predicted octanol–water partition coefficient (Wildman–Crippen LogP) is 3.68. The zero-order valence-electron chi connectivity index (χ0n) is 13.9. The van der Waals surface area contributed by atoms with Crippen LogP contribution in [-0.2, 0) is 16.0 Å². The average Bonchev–Trinajstić information content (AvgIpc) is 2.52. The number of halogens is 1. The first-order valence-electron chi connectivity index (χ1n) is 7.80. The molecule has 2 aromatic carbocycles. The number of aryl methyl sites for hydroxylation is 1. The van der Waals surface area contributed by atoms with Gasteiger partial charge in [0.05, 0.1) is 6.54 Å². The van der Waals surface area contributed by atoms with Gasteiger partial charge in [-0.3, -0.25) is 9.59 Å². The summed E-state index contributed by atoms with van der Waals surface area (Å²) in [5.74, 6) is -0.324. The molecule has 0 unspecified atom stereocenters. The van der Waals surface area contributed by atoms with Crippen molar-refractivity contribution in [2.24, 2.45) is 0 Å². The van der Waals surface area contributed by atoms with Gasteiger partial charge < -0.3 is 10.2 Å². The van der Waals surface area contributed by atoms with E-state index in [0.717, 1.165) is 16.8 Å². The van der Waals surface area contributed by atoms with Crippen molar-refractivity contribution in [3.63, 3.8) is 0 Å². The van der Waals surface area contributed by atoms with Gasteiger partial charge in [0.15, 0.2) is 0 Å². The third-order valence-corrected chi connectivity index (χ3v) is 3.92. The van der Waals surface area contributed by atoms with Crippen LogP contribution in [0.4, 0.5) is 5.69 Å². The first kappa shape index (κ1) is 18.0. The second-order valence-corrected chi connectivity index (χ2v) is 6.17. The molecule has 0 aliphatic heterocycles. The van der Waals surface area contributed by atoms with Crippen molar-refractivity contribution < 1.29 is 9.59 Å². The van der Waals surface area contributed by atoms with Gasteiger partial charge in [0, 0.05) is 24.2 Å². The molecule has 0 aromatic heterocycles. The fourth-order valence-electron chi connectivity index (χ4n) is 2.36. The summed E-state index contributed by atoms with van der Waals surface area (Å²) in [7, 11) is 0. The maximum atomic E-state index is 12.2. The van der Waals surface area contributed by atoms with Gasteiger partial charge in [-0.05, 0) is 48.7 Å². The van der Waals surface area contributed by atoms with Crippen LogP contribution in [0.15, 0.2) is 48.5 Å². The highest BCUT2D eigenvalue weighted by atomic mass is 35.5. The minimum absolute atomic E-state index is 0.0386. The number of carbonyl (C=O) groups is 2. The SMILES string of the molecule is CC(=O)N(CCc1ccc(Cl)cc1)CC(=O)Nc1cccc(C)c1. The lowest BCUT2D eigenvalue weighted by Crippen LogP contribution is -2.38. The van der Waals surface area contributed by atoms with E-state index in [-0.39, 0.29) is 18.4 Å². The van der Waals surface area contributed by atoms with Gasteiger partial charge in [-0.2, -0.15) is 0 Å². The van der Waals surface area contributed by atoms with Gasteiger partial charge in [0.25, 0.3) is 0 Å². The molecule has 2 amide bonds. The molecule has 0 fully saturated rings. The van der Waals surface area contributed by atoms with E-state index in [4.69, 9.17) is 11.6 Å². The molecular formula is C19H21ClN2O2. The van der Waals surface area contributed by atoms with Crippen molar-refractivity contribution in [2.75, 3.05) is 18.4 Å². The van der Waals surface area contributed by atoms with E-state index in [1.165, 1.54) is 6.92 Å². The molecule has 2 rings (SSSR count). The Balaban J connectivity index is 1.91. The number of rotatable bonds is 6. The highest BCUT2D eigenvalue weighted by Gasteiger charge is 2.14. The lowest BCUT2D eigenvalue weighted by atomic mass is 10.1. The van der Waals surface area contributed by atoms with Crippen molar-refractivity contribution in [3.05, 3.63) is 64.7 Å². The summed E-state index contributed by atoms with van der Waals surface area (Å²) < 4.78 is 0. The molecule has 0 saturated carbocycles. The minimum atomic E-state index is -0.202. The van der Waals surface area contributed by atoms with Crippen LogP contribution >= 0.6 is 11.6 Å². The quantitative estimate of drug-likeness (QED) is 0.869. The Morgan fingerprint density at radius 3 is 2.46 bits per heavy atom. The van der Waals surface area contributed by atoms with Crippen LogP contribution in [0.1, 0.15) is 18.1 Å². The molecule has 0 bridgehead atoms. The zero-order chi connectivity index (χ0) is 17.5. The topological polar surface area (TPSA) is 49.4 Å². The average molecular weight is 345 g/mol. The van der Waals surface area contributed by atoms with Crippen LogP contribution in [0.3, 0.4) is 0 Å². The Morgan fingerprint density at radius 2 is 1.83 bits per heavy atom. The van der Waals surface area contributed by atoms with E-state index in [9.17, 15) is 9.59 Å². The van der Waals surface area contributed by atoms with Gasteiger partial charge in [-0.25, -0.2) is 0 Å². The van der Waals surface area contributed by atoms with Crippen molar-refractivity contribution in [1.82, 2.24) is 4.90 Å². The Morgan fingerprint density at radius 1 is 1.12 bits per heavy atom. The highest BCUT2D eigenvalue weighted by molar-refractivity contribution is 6.30. The standard InChI is InChI=1S/C19H21ClN2O2/c1-14-4-3-5-18(12-14)21-19(24)13-22(15(2)23)11-10-16-6-8-17(20)9-7-16/h3-9,12H,10-11,13H2,1-2H3,(H,21,24). The van der Waals surface area contributed by atoms with Gasteiger partial charge in [-0.1, -0.05) is 35.9 Å². The number of nitrogens with one attached hydrogen (secondary N) is 1. The summed E-state index contributed by atoms with van der Waals surface area (Å²) in [6.45, 7) is 3.96. The maximum absolute atomic E-state index is 12.2. The molecule has 1 N–H and O–H groups in total. The molecule has 5 heteroatoms. The van der Waals surface area contributed by atoms with Crippen LogP contribution in [0.2, 0.25) is 5.02 Å². The molecule has 0 heterocycles. The molecule has 0 aliphatic carbocycles. The summed E-state index contributed by atoms with van der Waals surface area (Å²) in [5.41, 5.74) is 2.88. The number of carbonyl (C=O) groups excluding carboxylic acids is 2. The highest BCUT2D eigenvalue weighted by Crippen LogP contribution is 2.11. The maximum Gasteiger partial charge on any atom is 0.243 e. The molecule has 2 aromatic rings. The first-order valence-corrected chi connectivity index (χ1v) is 8.18. The van der Waals surface area contributed by atoms with E-state index >= 15 is 0 Å². The first-order chi connectivity index (χ1) is 11.4. The normalized spacial score (nSPS) is 10.3. The van der Waals surface area contributed by atoms with E-state index < -0.39 is 0 Å². The molecule has 0 atom stereocenters.